The second kappa shape index (κ2) is 13.4. The third kappa shape index (κ3) is 22.8. The molecule has 0 spiro atoms. The van der Waals surface area contributed by atoms with E-state index in [2.05, 4.69) is 13.2 Å². The van der Waals surface area contributed by atoms with Crippen LogP contribution in [0.15, 0.2) is 25.3 Å². The predicted molar refractivity (Wildman–Crippen MR) is 63.4 cm³/mol. The minimum absolute atomic E-state index is 0.188. The van der Waals surface area contributed by atoms with Crippen LogP contribution in [0.5, 0.6) is 0 Å². The lowest BCUT2D eigenvalue weighted by Gasteiger charge is -1.96. The van der Waals surface area contributed by atoms with Crippen molar-refractivity contribution in [1.29, 1.82) is 0 Å². The first-order valence-corrected chi connectivity index (χ1v) is 5.21. The maximum absolute atomic E-state index is 10.0. The summed E-state index contributed by atoms with van der Waals surface area (Å²) in [4.78, 5) is 20.1. The fraction of sp³-hybridized carbons (Fsp3) is 0.500. The lowest BCUT2D eigenvalue weighted by Crippen LogP contribution is -1.95. The van der Waals surface area contributed by atoms with Crippen molar-refractivity contribution in [3.8, 4) is 0 Å². The zero-order valence-electron chi connectivity index (χ0n) is 9.52. The molecule has 0 aliphatic rings. The van der Waals surface area contributed by atoms with Gasteiger partial charge in [0.05, 0.1) is 0 Å². The lowest BCUT2D eigenvalue weighted by molar-refractivity contribution is -0.138. The van der Waals surface area contributed by atoms with Crippen molar-refractivity contribution in [2.75, 3.05) is 0 Å². The summed E-state index contributed by atoms with van der Waals surface area (Å²) in [7, 11) is 0. The molecular weight excluding hydrogens is 208 g/mol. The summed E-state index contributed by atoms with van der Waals surface area (Å²) in [6.07, 6.45) is 6.56. The summed E-state index contributed by atoms with van der Waals surface area (Å²) >= 11 is 0. The fourth-order valence-corrected chi connectivity index (χ4v) is 0.906. The Morgan fingerprint density at radius 3 is 1.31 bits per heavy atom. The molecule has 0 aromatic rings. The van der Waals surface area contributed by atoms with Crippen LogP contribution in [0.2, 0.25) is 0 Å². The Labute approximate surface area is 96.3 Å². The number of carboxylic acid groups (broad SMARTS) is 2. The molecule has 16 heavy (non-hydrogen) atoms. The van der Waals surface area contributed by atoms with Crippen molar-refractivity contribution in [2.24, 2.45) is 0 Å². The summed E-state index contributed by atoms with van der Waals surface area (Å²) in [5, 5.41) is 16.5. The molecule has 0 atom stereocenters. The van der Waals surface area contributed by atoms with Gasteiger partial charge in [0, 0.05) is 12.8 Å². The molecule has 2 N–H and O–H groups in total. The van der Waals surface area contributed by atoms with Gasteiger partial charge in [0.1, 0.15) is 0 Å². The van der Waals surface area contributed by atoms with Gasteiger partial charge in [-0.05, 0) is 12.8 Å². The van der Waals surface area contributed by atoms with Gasteiger partial charge in [-0.25, -0.2) is 0 Å². The smallest absolute Gasteiger partial charge is 0.303 e. The van der Waals surface area contributed by atoms with E-state index >= 15 is 0 Å². The maximum Gasteiger partial charge on any atom is 0.303 e. The molecule has 0 aliphatic heterocycles. The summed E-state index contributed by atoms with van der Waals surface area (Å²) in [5.74, 6) is -1.57. The minimum atomic E-state index is -0.784. The van der Waals surface area contributed by atoms with Gasteiger partial charge in [0.2, 0.25) is 0 Å². The lowest BCUT2D eigenvalue weighted by atomic mass is 10.1. The Kier molecular flexibility index (Phi) is 14.1. The number of carbonyl (C=O) groups is 2. The van der Waals surface area contributed by atoms with Crippen LogP contribution in [0.25, 0.3) is 0 Å². The molecular formula is C12H20O4. The van der Waals surface area contributed by atoms with Crippen LogP contribution in [0.4, 0.5) is 0 Å². The van der Waals surface area contributed by atoms with Gasteiger partial charge in [-0.15, -0.1) is 0 Å². The molecule has 0 radical (unpaired) electrons. The molecule has 0 saturated heterocycles. The quantitative estimate of drug-likeness (QED) is 0.495. The number of aliphatic carboxylic acids is 2. The summed E-state index contributed by atoms with van der Waals surface area (Å²) in [6, 6.07) is 0. The Bertz CT molecular complexity index is 197. The van der Waals surface area contributed by atoms with Crippen LogP contribution >= 0.6 is 0 Å². The highest BCUT2D eigenvalue weighted by molar-refractivity contribution is 5.66. The topological polar surface area (TPSA) is 74.6 Å². The number of rotatable bonds is 8. The van der Waals surface area contributed by atoms with Crippen molar-refractivity contribution in [1.82, 2.24) is 0 Å². The van der Waals surface area contributed by atoms with E-state index in [0.29, 0.717) is 12.8 Å². The van der Waals surface area contributed by atoms with Crippen LogP contribution in [0.3, 0.4) is 0 Å². The number of carboxylic acids is 2. The molecule has 0 saturated carbocycles. The van der Waals surface area contributed by atoms with Crippen LogP contribution < -0.4 is 0 Å². The van der Waals surface area contributed by atoms with Gasteiger partial charge in [0.25, 0.3) is 0 Å². The number of unbranched alkanes of at least 4 members (excludes halogenated alkanes) is 3. The Morgan fingerprint density at radius 1 is 0.812 bits per heavy atom. The summed E-state index contributed by atoms with van der Waals surface area (Å²) < 4.78 is 0. The highest BCUT2D eigenvalue weighted by Gasteiger charge is 1.98. The molecule has 4 heteroatoms. The van der Waals surface area contributed by atoms with Crippen LogP contribution in [0.1, 0.15) is 38.5 Å². The second-order valence-corrected chi connectivity index (χ2v) is 3.17. The van der Waals surface area contributed by atoms with E-state index in [1.54, 1.807) is 12.2 Å². The van der Waals surface area contributed by atoms with Crippen molar-refractivity contribution in [3.05, 3.63) is 25.3 Å². The largest absolute Gasteiger partial charge is 0.481 e. The van der Waals surface area contributed by atoms with Gasteiger partial charge < -0.3 is 10.2 Å². The second-order valence-electron chi connectivity index (χ2n) is 3.17. The highest BCUT2D eigenvalue weighted by Crippen LogP contribution is 2.04. The number of hydrogen-bond acceptors (Lipinski definition) is 2. The van der Waals surface area contributed by atoms with E-state index in [4.69, 9.17) is 10.2 Å². The summed E-state index contributed by atoms with van der Waals surface area (Å²) in [5.41, 5.74) is 0. The van der Waals surface area contributed by atoms with Gasteiger partial charge in [0.15, 0.2) is 0 Å². The maximum atomic E-state index is 10.0. The van der Waals surface area contributed by atoms with Crippen LogP contribution in [0, 0.1) is 0 Å². The number of hydrogen-bond donors (Lipinski definition) is 2. The zero-order valence-corrected chi connectivity index (χ0v) is 9.52. The van der Waals surface area contributed by atoms with E-state index in [1.807, 2.05) is 0 Å². The van der Waals surface area contributed by atoms with Crippen molar-refractivity contribution in [2.45, 2.75) is 38.5 Å². The molecule has 0 aromatic carbocycles. The minimum Gasteiger partial charge on any atom is -0.481 e. The van der Waals surface area contributed by atoms with Crippen molar-refractivity contribution < 1.29 is 19.8 Å². The van der Waals surface area contributed by atoms with Gasteiger partial charge in [-0.3, -0.25) is 9.59 Å². The van der Waals surface area contributed by atoms with Crippen LogP contribution in [-0.2, 0) is 9.59 Å². The van der Waals surface area contributed by atoms with E-state index in [0.717, 1.165) is 12.8 Å². The molecule has 0 aromatic heterocycles. The van der Waals surface area contributed by atoms with Gasteiger partial charge >= 0.3 is 11.9 Å². The average molecular weight is 228 g/mol. The SMILES string of the molecule is C=CC=C.O=C(O)CCCCCCC(=O)O. The molecule has 92 valence electrons. The van der Waals surface area contributed by atoms with Gasteiger partial charge in [-0.2, -0.15) is 0 Å². The highest BCUT2D eigenvalue weighted by atomic mass is 16.4. The van der Waals surface area contributed by atoms with E-state index in [9.17, 15) is 9.59 Å². The fourth-order valence-electron chi connectivity index (χ4n) is 0.906. The van der Waals surface area contributed by atoms with Crippen molar-refractivity contribution in [3.63, 3.8) is 0 Å². The van der Waals surface area contributed by atoms with Crippen molar-refractivity contribution >= 4 is 11.9 Å². The third-order valence-corrected chi connectivity index (χ3v) is 1.70. The van der Waals surface area contributed by atoms with Crippen LogP contribution in [-0.4, -0.2) is 22.2 Å². The first-order valence-electron chi connectivity index (χ1n) is 5.21. The average Bonchev–Trinajstić information content (AvgIpc) is 2.23. The normalized spacial score (nSPS) is 8.50. The molecule has 0 rings (SSSR count). The molecule has 0 aliphatic carbocycles. The zero-order chi connectivity index (χ0) is 12.8. The monoisotopic (exact) mass is 228 g/mol. The van der Waals surface area contributed by atoms with E-state index in [1.165, 1.54) is 0 Å². The molecule has 0 fully saturated rings. The van der Waals surface area contributed by atoms with E-state index in [-0.39, 0.29) is 12.8 Å². The molecule has 4 nitrogen and oxygen atoms in total. The van der Waals surface area contributed by atoms with E-state index < -0.39 is 11.9 Å². The molecule has 0 bridgehead atoms. The van der Waals surface area contributed by atoms with Gasteiger partial charge in [-0.1, -0.05) is 38.2 Å². The molecule has 0 unspecified atom stereocenters. The Balaban J connectivity index is 0. The first-order chi connectivity index (χ1) is 7.54. The summed E-state index contributed by atoms with van der Waals surface area (Å²) in [6.45, 7) is 6.72. The molecule has 0 amide bonds. The Morgan fingerprint density at radius 2 is 1.12 bits per heavy atom. The third-order valence-electron chi connectivity index (χ3n) is 1.70. The first kappa shape index (κ1) is 16.8. The molecule has 0 heterocycles. The standard InChI is InChI=1S/C8H14O4.C4H6/c9-7(10)5-3-1-2-4-6-8(11)12;1-3-4-2/h1-6H2,(H,9,10)(H,11,12);3-4H,1-2H2. The predicted octanol–water partition coefficient (Wildman–Crippen LogP) is 2.85. The Hall–Kier alpha value is -1.58. The number of allylic oxidation sites excluding steroid dienone is 2.